The Morgan fingerprint density at radius 1 is 1.21 bits per heavy atom. The van der Waals surface area contributed by atoms with E-state index in [4.69, 9.17) is 0 Å². The first-order valence-electron chi connectivity index (χ1n) is 6.00. The van der Waals surface area contributed by atoms with E-state index in [-0.39, 0.29) is 25.1 Å². The van der Waals surface area contributed by atoms with Crippen molar-refractivity contribution >= 4 is 5.91 Å². The Kier molecular flexibility index (Phi) is 4.60. The first kappa shape index (κ1) is 15.9. The average Bonchev–Trinajstić information content (AvgIpc) is 2.49. The number of carbonyl (C=O) groups is 1. The Hall–Kier alpha value is -1.11. The van der Waals surface area contributed by atoms with Gasteiger partial charge in [0.25, 0.3) is 5.91 Å². The molecule has 1 atom stereocenters. The Labute approximate surface area is 108 Å². The van der Waals surface area contributed by atoms with Crippen LogP contribution in [0, 0.1) is 0 Å². The van der Waals surface area contributed by atoms with Gasteiger partial charge in [0.2, 0.25) is 0 Å². The zero-order valence-electron chi connectivity index (χ0n) is 10.9. The van der Waals surface area contributed by atoms with Gasteiger partial charge in [-0.3, -0.25) is 4.79 Å². The molecule has 19 heavy (non-hydrogen) atoms. The van der Waals surface area contributed by atoms with Gasteiger partial charge in [-0.25, -0.2) is 4.39 Å². The highest BCUT2D eigenvalue weighted by Gasteiger charge is 2.53. The van der Waals surface area contributed by atoms with Crippen molar-refractivity contribution in [2.45, 2.75) is 44.9 Å². The third-order valence-corrected chi connectivity index (χ3v) is 3.26. The van der Waals surface area contributed by atoms with Gasteiger partial charge >= 0.3 is 6.18 Å². The highest BCUT2D eigenvalue weighted by Crippen LogP contribution is 2.38. The molecule has 0 aromatic heterocycles. The third kappa shape index (κ3) is 3.46. The number of alkyl halides is 3. The van der Waals surface area contributed by atoms with E-state index in [1.54, 1.807) is 0 Å². The van der Waals surface area contributed by atoms with Gasteiger partial charge in [-0.1, -0.05) is 0 Å². The van der Waals surface area contributed by atoms with Crippen LogP contribution in [0.2, 0.25) is 0 Å². The molecule has 1 aliphatic rings. The van der Waals surface area contributed by atoms with Crippen molar-refractivity contribution in [3.63, 3.8) is 0 Å². The zero-order chi connectivity index (χ0) is 14.8. The van der Waals surface area contributed by atoms with Crippen molar-refractivity contribution in [1.82, 2.24) is 4.90 Å². The van der Waals surface area contributed by atoms with Crippen LogP contribution in [-0.2, 0) is 4.79 Å². The maximum absolute atomic E-state index is 13.5. The molecule has 1 saturated heterocycles. The van der Waals surface area contributed by atoms with Crippen molar-refractivity contribution in [2.75, 3.05) is 13.1 Å². The molecule has 0 aliphatic carbocycles. The van der Waals surface area contributed by atoms with E-state index in [1.165, 1.54) is 13.8 Å². The number of aliphatic hydroxyl groups is 1. The number of carbonyl (C=O) groups excluding carboxylic acids is 1. The van der Waals surface area contributed by atoms with E-state index in [1.807, 2.05) is 0 Å². The Bertz CT molecular complexity index is 388. The largest absolute Gasteiger partial charge is 0.417 e. The van der Waals surface area contributed by atoms with Crippen LogP contribution >= 0.6 is 0 Å². The molecule has 110 valence electrons. The van der Waals surface area contributed by atoms with E-state index < -0.39 is 36.4 Å². The fraction of sp³-hybridized carbons (Fsp3) is 0.750. The summed E-state index contributed by atoms with van der Waals surface area (Å²) >= 11 is 0. The van der Waals surface area contributed by atoms with Crippen LogP contribution in [0.15, 0.2) is 11.4 Å². The molecule has 3 nitrogen and oxygen atoms in total. The molecule has 1 rings (SSSR count). The summed E-state index contributed by atoms with van der Waals surface area (Å²) in [7, 11) is 0. The van der Waals surface area contributed by atoms with Crippen LogP contribution in [0.4, 0.5) is 17.6 Å². The van der Waals surface area contributed by atoms with Gasteiger partial charge in [-0.05, 0) is 32.3 Å². The molecule has 0 aromatic carbocycles. The summed E-state index contributed by atoms with van der Waals surface area (Å²) in [4.78, 5) is 12.7. The molecule has 0 spiro atoms. The van der Waals surface area contributed by atoms with Gasteiger partial charge in [0.1, 0.15) is 0 Å². The molecule has 0 radical (unpaired) electrons. The Morgan fingerprint density at radius 2 is 1.79 bits per heavy atom. The first-order valence-corrected chi connectivity index (χ1v) is 6.00. The molecule has 1 fully saturated rings. The lowest BCUT2D eigenvalue weighted by molar-refractivity contribution is -0.263. The average molecular weight is 283 g/mol. The first-order chi connectivity index (χ1) is 8.58. The fourth-order valence-electron chi connectivity index (χ4n) is 1.96. The molecule has 0 saturated carbocycles. The minimum atomic E-state index is -4.74. The van der Waals surface area contributed by atoms with Gasteiger partial charge < -0.3 is 10.0 Å². The molecule has 1 aliphatic heterocycles. The Morgan fingerprint density at radius 3 is 2.26 bits per heavy atom. The van der Waals surface area contributed by atoms with E-state index in [0.717, 1.165) is 4.90 Å². The lowest BCUT2D eigenvalue weighted by Gasteiger charge is -2.29. The minimum Gasteiger partial charge on any atom is -0.380 e. The zero-order valence-corrected chi connectivity index (χ0v) is 10.9. The molecular weight excluding hydrogens is 266 g/mol. The summed E-state index contributed by atoms with van der Waals surface area (Å²) in [6.45, 7) is 2.53. The highest BCUT2D eigenvalue weighted by molar-refractivity contribution is 5.91. The molecular formula is C12H17F4NO2. The molecule has 1 amide bonds. The van der Waals surface area contributed by atoms with E-state index in [9.17, 15) is 27.5 Å². The molecule has 0 aromatic rings. The van der Waals surface area contributed by atoms with E-state index in [2.05, 4.69) is 0 Å². The topological polar surface area (TPSA) is 40.5 Å². The second-order valence-corrected chi connectivity index (χ2v) is 4.99. The molecule has 1 N–H and O–H groups in total. The van der Waals surface area contributed by atoms with Crippen molar-refractivity contribution < 1.29 is 27.5 Å². The molecule has 1 heterocycles. The smallest absolute Gasteiger partial charge is 0.380 e. The number of amides is 1. The predicted octanol–water partition coefficient (Wildman–Crippen LogP) is 2.56. The maximum atomic E-state index is 13.5. The summed E-state index contributed by atoms with van der Waals surface area (Å²) in [6.07, 6.45) is -5.85. The summed E-state index contributed by atoms with van der Waals surface area (Å²) in [5.41, 5.74) is -2.61. The van der Waals surface area contributed by atoms with Gasteiger partial charge in [-0.2, -0.15) is 13.2 Å². The van der Waals surface area contributed by atoms with Crippen LogP contribution in [-0.4, -0.2) is 40.8 Å². The number of likely N-dealkylation sites (tertiary alicyclic amines) is 1. The van der Waals surface area contributed by atoms with Gasteiger partial charge in [0.15, 0.2) is 11.4 Å². The monoisotopic (exact) mass is 283 g/mol. The number of allylic oxidation sites excluding steroid dienone is 1. The Balaban J connectivity index is 2.81. The van der Waals surface area contributed by atoms with Gasteiger partial charge in [0, 0.05) is 19.5 Å². The quantitative estimate of drug-likeness (QED) is 0.593. The second-order valence-electron chi connectivity index (χ2n) is 4.99. The normalized spacial score (nSPS) is 24.9. The lowest BCUT2D eigenvalue weighted by atomic mass is 9.94. The second kappa shape index (κ2) is 5.48. The standard InChI is InChI=1S/C12H17F4NO2/c1-8(2)9(13)10(18)17-6-3-4-11(19,5-7-17)12(14,15)16/h19H,3-7H2,1-2H3. The number of hydrogen-bond donors (Lipinski definition) is 1. The van der Waals surface area contributed by atoms with Crippen LogP contribution in [0.25, 0.3) is 0 Å². The molecule has 0 bridgehead atoms. The molecule has 1 unspecified atom stereocenters. The van der Waals surface area contributed by atoms with E-state index in [0.29, 0.717) is 0 Å². The predicted molar refractivity (Wildman–Crippen MR) is 60.9 cm³/mol. The number of nitrogens with zero attached hydrogens (tertiary/aromatic N) is 1. The summed E-state index contributed by atoms with van der Waals surface area (Å²) in [5, 5.41) is 9.57. The van der Waals surface area contributed by atoms with Crippen LogP contribution in [0.3, 0.4) is 0 Å². The van der Waals surface area contributed by atoms with Gasteiger partial charge in [-0.15, -0.1) is 0 Å². The number of hydrogen-bond acceptors (Lipinski definition) is 2. The van der Waals surface area contributed by atoms with Crippen LogP contribution < -0.4 is 0 Å². The third-order valence-electron chi connectivity index (χ3n) is 3.26. The summed E-state index contributed by atoms with van der Waals surface area (Å²) in [5.74, 6) is -1.86. The number of halogens is 4. The van der Waals surface area contributed by atoms with Crippen molar-refractivity contribution in [2.24, 2.45) is 0 Å². The SMILES string of the molecule is CC(C)=C(F)C(=O)N1CCCC(O)(C(F)(F)F)CC1. The number of rotatable bonds is 1. The lowest BCUT2D eigenvalue weighted by Crippen LogP contribution is -2.46. The van der Waals surface area contributed by atoms with Gasteiger partial charge in [0.05, 0.1) is 0 Å². The van der Waals surface area contributed by atoms with Crippen molar-refractivity contribution in [3.05, 3.63) is 11.4 Å². The fourth-order valence-corrected chi connectivity index (χ4v) is 1.96. The molecule has 7 heteroatoms. The van der Waals surface area contributed by atoms with Crippen molar-refractivity contribution in [3.8, 4) is 0 Å². The minimum absolute atomic E-state index is 0.0118. The van der Waals surface area contributed by atoms with Crippen molar-refractivity contribution in [1.29, 1.82) is 0 Å². The van der Waals surface area contributed by atoms with E-state index >= 15 is 0 Å². The van der Waals surface area contributed by atoms with Crippen LogP contribution in [0.1, 0.15) is 33.1 Å². The summed E-state index contributed by atoms with van der Waals surface area (Å²) in [6, 6.07) is 0. The maximum Gasteiger partial charge on any atom is 0.417 e. The summed E-state index contributed by atoms with van der Waals surface area (Å²) < 4.78 is 51.5. The highest BCUT2D eigenvalue weighted by atomic mass is 19.4. The van der Waals surface area contributed by atoms with Crippen LogP contribution in [0.5, 0.6) is 0 Å².